The highest BCUT2D eigenvalue weighted by Gasteiger charge is 2.36. The molecule has 6 heteroatoms. The van der Waals surface area contributed by atoms with Gasteiger partial charge in [-0.05, 0) is 19.8 Å². The second kappa shape index (κ2) is 4.46. The lowest BCUT2D eigenvalue weighted by atomic mass is 10.0. The third-order valence-corrected chi connectivity index (χ3v) is 3.65. The Labute approximate surface area is 106 Å². The quantitative estimate of drug-likeness (QED) is 0.598. The van der Waals surface area contributed by atoms with Gasteiger partial charge in [-0.25, -0.2) is 15.8 Å². The van der Waals surface area contributed by atoms with Crippen molar-refractivity contribution in [3.63, 3.8) is 0 Å². The fourth-order valence-corrected chi connectivity index (χ4v) is 2.54. The lowest BCUT2D eigenvalue weighted by Gasteiger charge is -2.25. The van der Waals surface area contributed by atoms with Crippen LogP contribution in [0.3, 0.4) is 0 Å². The van der Waals surface area contributed by atoms with Gasteiger partial charge in [-0.1, -0.05) is 0 Å². The molecule has 0 aliphatic carbocycles. The molecular weight excluding hydrogens is 232 g/mol. The zero-order chi connectivity index (χ0) is 12.6. The van der Waals surface area contributed by atoms with E-state index >= 15 is 0 Å². The molecule has 0 saturated carbocycles. The summed E-state index contributed by atoms with van der Waals surface area (Å²) >= 11 is 0. The van der Waals surface area contributed by atoms with Crippen molar-refractivity contribution in [2.45, 2.75) is 38.4 Å². The molecule has 1 unspecified atom stereocenters. The van der Waals surface area contributed by atoms with Gasteiger partial charge in [-0.2, -0.15) is 0 Å². The molecule has 1 atom stereocenters. The SMILES string of the molecule is CC1(c2nc3c(c(NN)n2)COCC3)CCCO1. The molecule has 1 aromatic rings. The molecule has 1 aromatic heterocycles. The second-order valence-electron chi connectivity index (χ2n) is 4.95. The van der Waals surface area contributed by atoms with Crippen molar-refractivity contribution >= 4 is 5.82 Å². The molecule has 0 aromatic carbocycles. The number of anilines is 1. The van der Waals surface area contributed by atoms with Gasteiger partial charge < -0.3 is 14.9 Å². The average molecular weight is 250 g/mol. The van der Waals surface area contributed by atoms with Gasteiger partial charge in [0.2, 0.25) is 0 Å². The van der Waals surface area contributed by atoms with Gasteiger partial charge in [0.15, 0.2) is 5.82 Å². The van der Waals surface area contributed by atoms with E-state index in [9.17, 15) is 0 Å². The lowest BCUT2D eigenvalue weighted by Crippen LogP contribution is -2.28. The lowest BCUT2D eigenvalue weighted by molar-refractivity contribution is 0.00877. The summed E-state index contributed by atoms with van der Waals surface area (Å²) in [7, 11) is 0. The molecule has 0 spiro atoms. The van der Waals surface area contributed by atoms with Gasteiger partial charge in [-0.3, -0.25) is 0 Å². The van der Waals surface area contributed by atoms with Crippen LogP contribution in [0.4, 0.5) is 5.82 Å². The van der Waals surface area contributed by atoms with E-state index in [1.165, 1.54) is 0 Å². The number of nitrogens with one attached hydrogen (secondary N) is 1. The molecule has 1 fully saturated rings. The fourth-order valence-electron chi connectivity index (χ4n) is 2.54. The Morgan fingerprint density at radius 3 is 2.94 bits per heavy atom. The molecule has 1 saturated heterocycles. The van der Waals surface area contributed by atoms with Crippen LogP contribution < -0.4 is 11.3 Å². The number of hydrogen-bond acceptors (Lipinski definition) is 6. The Hall–Kier alpha value is -1.24. The molecule has 3 N–H and O–H groups in total. The number of fused-ring (bicyclic) bond motifs is 1. The minimum absolute atomic E-state index is 0.376. The van der Waals surface area contributed by atoms with Crippen molar-refractivity contribution in [2.75, 3.05) is 18.6 Å². The molecule has 18 heavy (non-hydrogen) atoms. The number of aromatic nitrogens is 2. The van der Waals surface area contributed by atoms with Crippen LogP contribution in [0.5, 0.6) is 0 Å². The van der Waals surface area contributed by atoms with Crippen LogP contribution >= 0.6 is 0 Å². The predicted octanol–water partition coefficient (Wildman–Crippen LogP) is 0.860. The van der Waals surface area contributed by atoms with Crippen molar-refractivity contribution in [1.82, 2.24) is 9.97 Å². The van der Waals surface area contributed by atoms with Crippen LogP contribution in [0, 0.1) is 0 Å². The third-order valence-electron chi connectivity index (χ3n) is 3.65. The highest BCUT2D eigenvalue weighted by molar-refractivity contribution is 5.46. The molecular formula is C12H18N4O2. The Bertz CT molecular complexity index is 440. The van der Waals surface area contributed by atoms with Crippen molar-refractivity contribution in [1.29, 1.82) is 0 Å². The second-order valence-corrected chi connectivity index (χ2v) is 4.95. The topological polar surface area (TPSA) is 82.3 Å². The van der Waals surface area contributed by atoms with Gasteiger partial charge in [-0.15, -0.1) is 0 Å². The first-order chi connectivity index (χ1) is 8.73. The Kier molecular flexibility index (Phi) is 2.93. The maximum atomic E-state index is 5.79. The van der Waals surface area contributed by atoms with Gasteiger partial charge in [0, 0.05) is 18.6 Å². The predicted molar refractivity (Wildman–Crippen MR) is 65.7 cm³/mol. The maximum Gasteiger partial charge on any atom is 0.162 e. The van der Waals surface area contributed by atoms with Crippen LogP contribution in [0.15, 0.2) is 0 Å². The number of ether oxygens (including phenoxy) is 2. The maximum absolute atomic E-state index is 5.79. The van der Waals surface area contributed by atoms with Crippen molar-refractivity contribution in [2.24, 2.45) is 5.84 Å². The highest BCUT2D eigenvalue weighted by Crippen LogP contribution is 2.35. The normalized spacial score (nSPS) is 27.0. The van der Waals surface area contributed by atoms with Gasteiger partial charge >= 0.3 is 0 Å². The number of nitrogen functional groups attached to an aromatic ring is 1. The minimum Gasteiger partial charge on any atom is -0.376 e. The van der Waals surface area contributed by atoms with Gasteiger partial charge in [0.25, 0.3) is 0 Å². The summed E-state index contributed by atoms with van der Waals surface area (Å²) in [5.41, 5.74) is 4.26. The van der Waals surface area contributed by atoms with Crippen LogP contribution in [0.25, 0.3) is 0 Å². The molecule has 2 aliphatic heterocycles. The van der Waals surface area contributed by atoms with E-state index in [2.05, 4.69) is 15.4 Å². The monoisotopic (exact) mass is 250 g/mol. The Morgan fingerprint density at radius 2 is 2.22 bits per heavy atom. The zero-order valence-electron chi connectivity index (χ0n) is 10.5. The van der Waals surface area contributed by atoms with E-state index in [1.54, 1.807) is 0 Å². The minimum atomic E-state index is -0.376. The Morgan fingerprint density at radius 1 is 1.33 bits per heavy atom. The summed E-state index contributed by atoms with van der Waals surface area (Å²) in [5, 5.41) is 0. The summed E-state index contributed by atoms with van der Waals surface area (Å²) in [6, 6.07) is 0. The molecule has 98 valence electrons. The average Bonchev–Trinajstić information content (AvgIpc) is 2.85. The standard InChI is InChI=1S/C12H18N4O2/c1-12(4-2-5-18-12)11-14-9-3-6-17-7-8(9)10(15-11)16-13/h2-7,13H2,1H3,(H,14,15,16). The molecule has 0 bridgehead atoms. The van der Waals surface area contributed by atoms with Crippen molar-refractivity contribution in [3.05, 3.63) is 17.1 Å². The smallest absolute Gasteiger partial charge is 0.162 e. The first kappa shape index (κ1) is 11.8. The van der Waals surface area contributed by atoms with E-state index in [0.717, 1.165) is 43.0 Å². The molecule has 2 aliphatic rings. The molecule has 0 amide bonds. The first-order valence-corrected chi connectivity index (χ1v) is 6.31. The molecule has 6 nitrogen and oxygen atoms in total. The molecule has 0 radical (unpaired) electrons. The summed E-state index contributed by atoms with van der Waals surface area (Å²) in [6.45, 7) is 4.03. The van der Waals surface area contributed by atoms with E-state index in [-0.39, 0.29) is 5.60 Å². The number of hydrogen-bond donors (Lipinski definition) is 2. The number of rotatable bonds is 2. The number of nitrogens with two attached hydrogens (primary N) is 1. The summed E-state index contributed by atoms with van der Waals surface area (Å²) in [5.74, 6) is 6.94. The summed E-state index contributed by atoms with van der Waals surface area (Å²) < 4.78 is 11.2. The van der Waals surface area contributed by atoms with E-state index < -0.39 is 0 Å². The van der Waals surface area contributed by atoms with Crippen LogP contribution in [-0.4, -0.2) is 23.2 Å². The number of hydrazine groups is 1. The highest BCUT2D eigenvalue weighted by atomic mass is 16.5. The van der Waals surface area contributed by atoms with E-state index in [4.69, 9.17) is 15.3 Å². The summed E-state index contributed by atoms with van der Waals surface area (Å²) in [4.78, 5) is 9.17. The Balaban J connectivity index is 2.05. The van der Waals surface area contributed by atoms with Gasteiger partial charge in [0.05, 0.1) is 18.9 Å². The van der Waals surface area contributed by atoms with Crippen LogP contribution in [0.2, 0.25) is 0 Å². The van der Waals surface area contributed by atoms with Crippen LogP contribution in [0.1, 0.15) is 36.8 Å². The largest absolute Gasteiger partial charge is 0.376 e. The fraction of sp³-hybridized carbons (Fsp3) is 0.667. The number of nitrogens with zero attached hydrogens (tertiary/aromatic N) is 2. The third kappa shape index (κ3) is 1.86. The van der Waals surface area contributed by atoms with E-state index in [0.29, 0.717) is 19.0 Å². The first-order valence-electron chi connectivity index (χ1n) is 6.31. The summed E-state index contributed by atoms with van der Waals surface area (Å²) in [6.07, 6.45) is 2.80. The van der Waals surface area contributed by atoms with Crippen LogP contribution in [-0.2, 0) is 28.1 Å². The zero-order valence-corrected chi connectivity index (χ0v) is 10.5. The van der Waals surface area contributed by atoms with E-state index in [1.807, 2.05) is 6.92 Å². The molecule has 3 heterocycles. The van der Waals surface area contributed by atoms with Crippen molar-refractivity contribution < 1.29 is 9.47 Å². The van der Waals surface area contributed by atoms with Gasteiger partial charge in [0.1, 0.15) is 11.4 Å². The molecule has 3 rings (SSSR count). The van der Waals surface area contributed by atoms with Crippen molar-refractivity contribution in [3.8, 4) is 0 Å².